The minimum atomic E-state index is 0.000124. The number of phenols is 4. The average molecular weight is 402 g/mol. The van der Waals surface area contributed by atoms with E-state index in [1.165, 1.54) is 48.5 Å². The molecule has 0 fully saturated rings. The van der Waals surface area contributed by atoms with Gasteiger partial charge in [-0.2, -0.15) is 0 Å². The molecule has 30 heavy (non-hydrogen) atoms. The number of aromatic hydroxyl groups is 4. The van der Waals surface area contributed by atoms with Crippen molar-refractivity contribution < 1.29 is 30.2 Å². The Kier molecular flexibility index (Phi) is 5.05. The van der Waals surface area contributed by atoms with Crippen molar-refractivity contribution in [1.29, 1.82) is 0 Å². The van der Waals surface area contributed by atoms with Gasteiger partial charge in [0, 0.05) is 22.3 Å². The summed E-state index contributed by atoms with van der Waals surface area (Å²) in [6.07, 6.45) is 0. The molecule has 4 aromatic rings. The Bertz CT molecular complexity index is 1110. The van der Waals surface area contributed by atoms with Crippen LogP contribution >= 0.6 is 0 Å². The molecule has 0 aliphatic rings. The molecule has 0 saturated heterocycles. The maximum atomic E-state index is 10.2. The van der Waals surface area contributed by atoms with E-state index < -0.39 is 0 Å². The van der Waals surface area contributed by atoms with Crippen LogP contribution < -0.4 is 9.78 Å². The third-order valence-electron chi connectivity index (χ3n) is 4.54. The zero-order chi connectivity index (χ0) is 21.1. The van der Waals surface area contributed by atoms with Gasteiger partial charge in [0.25, 0.3) is 0 Å². The fourth-order valence-corrected chi connectivity index (χ4v) is 3.09. The minimum absolute atomic E-state index is 0.000124. The van der Waals surface area contributed by atoms with Gasteiger partial charge in [0.05, 0.1) is 0 Å². The van der Waals surface area contributed by atoms with E-state index in [0.29, 0.717) is 22.3 Å². The maximum Gasteiger partial charge on any atom is 0.186 e. The van der Waals surface area contributed by atoms with Crippen LogP contribution in [0.15, 0.2) is 84.9 Å². The standard InChI is InChI=1S/C24H18O6/c25-15-9-11-23(19(13-15)17-5-1-3-7-21(17)27)29-30-24-12-10-16(26)14-20(24)18-6-2-4-8-22(18)28/h1-14,25-28H. The summed E-state index contributed by atoms with van der Waals surface area (Å²) in [5, 5.41) is 40.2. The van der Waals surface area contributed by atoms with Crippen molar-refractivity contribution in [1.82, 2.24) is 0 Å². The lowest BCUT2D eigenvalue weighted by Gasteiger charge is -2.15. The van der Waals surface area contributed by atoms with Gasteiger partial charge in [-0.15, -0.1) is 0 Å². The van der Waals surface area contributed by atoms with Crippen molar-refractivity contribution in [2.75, 3.05) is 0 Å². The van der Waals surface area contributed by atoms with Gasteiger partial charge in [-0.25, -0.2) is 0 Å². The first-order valence-corrected chi connectivity index (χ1v) is 9.10. The zero-order valence-electron chi connectivity index (χ0n) is 15.7. The summed E-state index contributed by atoms with van der Waals surface area (Å²) in [7, 11) is 0. The molecular weight excluding hydrogens is 384 g/mol. The summed E-state index contributed by atoms with van der Waals surface area (Å²) in [6.45, 7) is 0. The van der Waals surface area contributed by atoms with Crippen LogP contribution in [0.2, 0.25) is 0 Å². The van der Waals surface area contributed by atoms with Crippen LogP contribution in [0, 0.1) is 0 Å². The van der Waals surface area contributed by atoms with E-state index in [0.717, 1.165) is 0 Å². The van der Waals surface area contributed by atoms with Crippen molar-refractivity contribution in [2.24, 2.45) is 0 Å². The summed E-state index contributed by atoms with van der Waals surface area (Å²) in [5.74, 6) is 0.552. The lowest BCUT2D eigenvalue weighted by Crippen LogP contribution is -2.03. The van der Waals surface area contributed by atoms with Gasteiger partial charge < -0.3 is 20.4 Å². The minimum Gasteiger partial charge on any atom is -0.508 e. The third kappa shape index (κ3) is 3.79. The van der Waals surface area contributed by atoms with Crippen LogP contribution in [-0.2, 0) is 0 Å². The molecule has 4 N–H and O–H groups in total. The van der Waals surface area contributed by atoms with E-state index in [4.69, 9.17) is 9.78 Å². The van der Waals surface area contributed by atoms with Gasteiger partial charge in [-0.3, -0.25) is 9.78 Å². The van der Waals surface area contributed by atoms with Crippen LogP contribution in [-0.4, -0.2) is 20.4 Å². The second-order valence-electron chi connectivity index (χ2n) is 6.56. The highest BCUT2D eigenvalue weighted by molar-refractivity contribution is 5.78. The monoisotopic (exact) mass is 402 g/mol. The molecular formula is C24H18O6. The van der Waals surface area contributed by atoms with Gasteiger partial charge in [0.15, 0.2) is 11.5 Å². The summed E-state index contributed by atoms with van der Waals surface area (Å²) in [4.78, 5) is 11.1. The van der Waals surface area contributed by atoms with E-state index in [1.807, 2.05) is 0 Å². The molecule has 0 unspecified atom stereocenters. The average Bonchev–Trinajstić information content (AvgIpc) is 2.74. The second kappa shape index (κ2) is 7.97. The molecule has 6 heteroatoms. The number of phenolic OH excluding ortho intramolecular Hbond substituents is 4. The van der Waals surface area contributed by atoms with Crippen molar-refractivity contribution >= 4 is 0 Å². The fourth-order valence-electron chi connectivity index (χ4n) is 3.09. The molecule has 0 saturated carbocycles. The number of benzene rings is 4. The summed E-state index contributed by atoms with van der Waals surface area (Å²) in [5.41, 5.74) is 1.77. The van der Waals surface area contributed by atoms with E-state index in [-0.39, 0.29) is 34.5 Å². The van der Waals surface area contributed by atoms with Crippen LogP contribution in [0.3, 0.4) is 0 Å². The molecule has 0 heterocycles. The molecule has 6 nitrogen and oxygen atoms in total. The number of rotatable bonds is 5. The lowest BCUT2D eigenvalue weighted by atomic mass is 10.0. The Hall–Kier alpha value is -4.32. The van der Waals surface area contributed by atoms with Gasteiger partial charge in [0.2, 0.25) is 0 Å². The Morgan fingerprint density at radius 2 is 0.833 bits per heavy atom. The maximum absolute atomic E-state index is 10.2. The predicted octanol–water partition coefficient (Wildman–Crippen LogP) is 5.22. The van der Waals surface area contributed by atoms with E-state index in [9.17, 15) is 20.4 Å². The molecule has 0 atom stereocenters. The Balaban J connectivity index is 1.71. The molecule has 0 aliphatic carbocycles. The molecule has 0 aliphatic heterocycles. The topological polar surface area (TPSA) is 99.4 Å². The summed E-state index contributed by atoms with van der Waals surface area (Å²) >= 11 is 0. The molecule has 150 valence electrons. The van der Waals surface area contributed by atoms with Crippen molar-refractivity contribution in [3.8, 4) is 56.8 Å². The Morgan fingerprint density at radius 1 is 0.433 bits per heavy atom. The highest BCUT2D eigenvalue weighted by Gasteiger charge is 2.16. The van der Waals surface area contributed by atoms with E-state index in [1.54, 1.807) is 36.4 Å². The Morgan fingerprint density at radius 3 is 1.23 bits per heavy atom. The quantitative estimate of drug-likeness (QED) is 0.270. The summed E-state index contributed by atoms with van der Waals surface area (Å²) < 4.78 is 0. The first kappa shape index (κ1) is 19.0. The van der Waals surface area contributed by atoms with Gasteiger partial charge in [-0.05, 0) is 48.5 Å². The third-order valence-corrected chi connectivity index (χ3v) is 4.54. The fraction of sp³-hybridized carbons (Fsp3) is 0. The van der Waals surface area contributed by atoms with Crippen molar-refractivity contribution in [3.63, 3.8) is 0 Å². The molecule has 4 aromatic carbocycles. The van der Waals surface area contributed by atoms with Crippen LogP contribution in [0.25, 0.3) is 22.3 Å². The van der Waals surface area contributed by atoms with Gasteiger partial charge in [-0.1, -0.05) is 36.4 Å². The first-order chi connectivity index (χ1) is 14.5. The largest absolute Gasteiger partial charge is 0.508 e. The highest BCUT2D eigenvalue weighted by Crippen LogP contribution is 2.40. The molecule has 0 spiro atoms. The second-order valence-corrected chi connectivity index (χ2v) is 6.56. The normalized spacial score (nSPS) is 10.5. The van der Waals surface area contributed by atoms with Gasteiger partial charge in [0.1, 0.15) is 23.0 Å². The zero-order valence-corrected chi connectivity index (χ0v) is 15.7. The van der Waals surface area contributed by atoms with Gasteiger partial charge >= 0.3 is 0 Å². The number of hydrogen-bond donors (Lipinski definition) is 4. The molecule has 4 rings (SSSR count). The number of para-hydroxylation sites is 2. The first-order valence-electron chi connectivity index (χ1n) is 9.10. The van der Waals surface area contributed by atoms with Crippen LogP contribution in [0.5, 0.6) is 34.5 Å². The predicted molar refractivity (Wildman–Crippen MR) is 112 cm³/mol. The number of hydrogen-bond acceptors (Lipinski definition) is 6. The molecule has 0 aromatic heterocycles. The van der Waals surface area contributed by atoms with Crippen molar-refractivity contribution in [2.45, 2.75) is 0 Å². The lowest BCUT2D eigenvalue weighted by molar-refractivity contribution is -0.0988. The SMILES string of the molecule is Oc1ccc(OOc2ccc(O)cc2-c2ccccc2O)c(-c2ccccc2O)c1. The smallest absolute Gasteiger partial charge is 0.186 e. The van der Waals surface area contributed by atoms with E-state index in [2.05, 4.69) is 0 Å². The molecule has 0 amide bonds. The Labute approximate surface area is 172 Å². The summed E-state index contributed by atoms with van der Waals surface area (Å²) in [6, 6.07) is 22.1. The van der Waals surface area contributed by atoms with Crippen LogP contribution in [0.1, 0.15) is 0 Å². The molecule has 0 radical (unpaired) electrons. The van der Waals surface area contributed by atoms with E-state index >= 15 is 0 Å². The van der Waals surface area contributed by atoms with Crippen LogP contribution in [0.4, 0.5) is 0 Å². The van der Waals surface area contributed by atoms with Crippen molar-refractivity contribution in [3.05, 3.63) is 84.9 Å². The highest BCUT2D eigenvalue weighted by atomic mass is 17.2. The molecule has 0 bridgehead atoms.